The van der Waals surface area contributed by atoms with Gasteiger partial charge < -0.3 is 9.53 Å². The highest BCUT2D eigenvalue weighted by molar-refractivity contribution is 7.93. The van der Waals surface area contributed by atoms with Crippen molar-refractivity contribution in [2.75, 3.05) is 25.2 Å². The van der Waals surface area contributed by atoms with Gasteiger partial charge in [0, 0.05) is 13.7 Å². The van der Waals surface area contributed by atoms with Crippen LogP contribution in [0.5, 0.6) is 0 Å². The molecule has 1 unspecified atom stereocenters. The van der Waals surface area contributed by atoms with E-state index in [9.17, 15) is 13.2 Å². The summed E-state index contributed by atoms with van der Waals surface area (Å²) < 4.78 is 26.8. The lowest BCUT2D eigenvalue weighted by Crippen LogP contribution is -2.54. The van der Waals surface area contributed by atoms with Crippen LogP contribution in [0.1, 0.15) is 6.92 Å². The van der Waals surface area contributed by atoms with Crippen molar-refractivity contribution in [3.63, 3.8) is 0 Å². The highest BCUT2D eigenvalue weighted by Gasteiger charge is 2.51. The maximum absolute atomic E-state index is 11.0. The fraction of sp³-hybridized carbons (Fsp3) is 0.875. The van der Waals surface area contributed by atoms with Gasteiger partial charge in [-0.25, -0.2) is 8.42 Å². The molecule has 0 bridgehead atoms. The van der Waals surface area contributed by atoms with E-state index in [4.69, 9.17) is 4.74 Å². The van der Waals surface area contributed by atoms with Crippen molar-refractivity contribution in [2.24, 2.45) is 11.3 Å². The Balaban J connectivity index is 2.70. The van der Waals surface area contributed by atoms with Crippen molar-refractivity contribution < 1.29 is 17.9 Å². The van der Waals surface area contributed by atoms with Gasteiger partial charge >= 0.3 is 0 Å². The number of hydrogen-bond donors (Lipinski definition) is 0. The first-order chi connectivity index (χ1) is 5.96. The summed E-state index contributed by atoms with van der Waals surface area (Å²) in [6, 6.07) is 0. The quantitative estimate of drug-likeness (QED) is 0.602. The van der Waals surface area contributed by atoms with Crippen molar-refractivity contribution in [2.45, 2.75) is 6.92 Å². The number of ether oxygens (including phenoxy) is 1. The summed E-state index contributed by atoms with van der Waals surface area (Å²) in [5, 5.41) is 0. The number of aldehydes is 1. The van der Waals surface area contributed by atoms with Gasteiger partial charge in [-0.05, 0) is 5.92 Å². The smallest absolute Gasteiger partial charge is 0.152 e. The molecule has 1 heterocycles. The van der Waals surface area contributed by atoms with Crippen molar-refractivity contribution in [3.8, 4) is 0 Å². The zero-order valence-corrected chi connectivity index (χ0v) is 8.63. The second kappa shape index (κ2) is 3.38. The van der Waals surface area contributed by atoms with E-state index < -0.39 is 15.3 Å². The van der Waals surface area contributed by atoms with Crippen LogP contribution in [0, 0.1) is 11.3 Å². The van der Waals surface area contributed by atoms with E-state index in [0.29, 0.717) is 6.61 Å². The minimum atomic E-state index is -2.95. The second-order valence-corrected chi connectivity index (χ2v) is 5.80. The first-order valence-electron chi connectivity index (χ1n) is 4.11. The van der Waals surface area contributed by atoms with Gasteiger partial charge in [0.25, 0.3) is 0 Å². The maximum Gasteiger partial charge on any atom is 0.152 e. The highest BCUT2D eigenvalue weighted by Crippen LogP contribution is 2.38. The predicted octanol–water partition coefficient (Wildman–Crippen LogP) is -0.117. The average molecular weight is 206 g/mol. The first-order valence-corrected chi connectivity index (χ1v) is 5.93. The molecule has 1 saturated heterocycles. The number of rotatable bonds is 4. The third-order valence-corrected chi connectivity index (χ3v) is 4.56. The number of hydrogen-bond acceptors (Lipinski definition) is 4. The third-order valence-electron chi connectivity index (χ3n) is 2.61. The third kappa shape index (κ3) is 1.91. The van der Waals surface area contributed by atoms with Crippen LogP contribution in [0.3, 0.4) is 0 Å². The van der Waals surface area contributed by atoms with Gasteiger partial charge in [-0.3, -0.25) is 0 Å². The topological polar surface area (TPSA) is 60.4 Å². The van der Waals surface area contributed by atoms with E-state index in [2.05, 4.69) is 0 Å². The molecule has 0 aromatic rings. The molecular weight excluding hydrogens is 192 g/mol. The number of carbonyl (C=O) groups is 1. The molecule has 1 aliphatic rings. The molecule has 76 valence electrons. The van der Waals surface area contributed by atoms with Gasteiger partial charge in [-0.2, -0.15) is 0 Å². The Kier molecular flexibility index (Phi) is 2.77. The standard InChI is InChI=1S/C8H14O4S/c1-7(3-12-2)8(4-9)5-13(10,11)6-8/h4,7H,3,5-6H2,1-2H3. The fourth-order valence-electron chi connectivity index (χ4n) is 1.66. The average Bonchev–Trinajstić information content (AvgIpc) is 1.99. The van der Waals surface area contributed by atoms with Crippen LogP contribution in [0.25, 0.3) is 0 Å². The minimum Gasteiger partial charge on any atom is -0.384 e. The Bertz CT molecular complexity index is 281. The molecule has 1 aliphatic heterocycles. The van der Waals surface area contributed by atoms with Crippen LogP contribution >= 0.6 is 0 Å². The van der Waals surface area contributed by atoms with Crippen molar-refractivity contribution in [1.29, 1.82) is 0 Å². The molecule has 1 fully saturated rings. The predicted molar refractivity (Wildman–Crippen MR) is 48.2 cm³/mol. The molecule has 13 heavy (non-hydrogen) atoms. The number of methoxy groups -OCH3 is 1. The molecule has 0 spiro atoms. The molecule has 0 amide bonds. The van der Waals surface area contributed by atoms with Crippen molar-refractivity contribution >= 4 is 16.1 Å². The Labute approximate surface area is 78.2 Å². The molecule has 4 nitrogen and oxygen atoms in total. The van der Waals surface area contributed by atoms with Crippen molar-refractivity contribution in [3.05, 3.63) is 0 Å². The summed E-state index contributed by atoms with van der Waals surface area (Å²) in [7, 11) is -1.41. The Morgan fingerprint density at radius 1 is 1.54 bits per heavy atom. The molecular formula is C8H14O4S. The monoisotopic (exact) mass is 206 g/mol. The van der Waals surface area contributed by atoms with Crippen LogP contribution in [0.2, 0.25) is 0 Å². The maximum atomic E-state index is 11.0. The lowest BCUT2D eigenvalue weighted by Gasteiger charge is -2.40. The second-order valence-electron chi connectivity index (χ2n) is 3.74. The van der Waals surface area contributed by atoms with Crippen LogP contribution in [-0.2, 0) is 19.4 Å². The zero-order chi connectivity index (χ0) is 10.1. The molecule has 0 aromatic heterocycles. The van der Waals surface area contributed by atoms with Gasteiger partial charge in [0.1, 0.15) is 6.29 Å². The molecule has 5 heteroatoms. The number of sulfone groups is 1. The zero-order valence-electron chi connectivity index (χ0n) is 7.82. The summed E-state index contributed by atoms with van der Waals surface area (Å²) in [4.78, 5) is 10.8. The number of carbonyl (C=O) groups excluding carboxylic acids is 1. The lowest BCUT2D eigenvalue weighted by molar-refractivity contribution is -0.118. The Morgan fingerprint density at radius 2 is 2.08 bits per heavy atom. The van der Waals surface area contributed by atoms with Gasteiger partial charge in [-0.15, -0.1) is 0 Å². The van der Waals surface area contributed by atoms with E-state index in [1.165, 1.54) is 0 Å². The van der Waals surface area contributed by atoms with Gasteiger partial charge in [0.15, 0.2) is 9.84 Å². The van der Waals surface area contributed by atoms with Crippen LogP contribution < -0.4 is 0 Å². The van der Waals surface area contributed by atoms with E-state index in [0.717, 1.165) is 6.29 Å². The molecule has 0 aromatic carbocycles. The summed E-state index contributed by atoms with van der Waals surface area (Å²) in [5.41, 5.74) is -0.686. The SMILES string of the molecule is COCC(C)C1(C=O)CS(=O)(=O)C1. The minimum absolute atomic E-state index is 0.0198. The van der Waals surface area contributed by atoms with Gasteiger partial charge in [0.2, 0.25) is 0 Å². The van der Waals surface area contributed by atoms with Crippen LogP contribution in [-0.4, -0.2) is 39.9 Å². The molecule has 0 radical (unpaired) electrons. The molecule has 0 saturated carbocycles. The molecule has 0 N–H and O–H groups in total. The van der Waals surface area contributed by atoms with Crippen LogP contribution in [0.15, 0.2) is 0 Å². The fourth-order valence-corrected chi connectivity index (χ4v) is 3.92. The van der Waals surface area contributed by atoms with E-state index >= 15 is 0 Å². The first kappa shape index (κ1) is 10.7. The summed E-state index contributed by atoms with van der Waals surface area (Å²) in [5.74, 6) is -0.0688. The van der Waals surface area contributed by atoms with Crippen LogP contribution in [0.4, 0.5) is 0 Å². The molecule has 1 rings (SSSR count). The normalized spacial score (nSPS) is 26.0. The highest BCUT2D eigenvalue weighted by atomic mass is 32.2. The summed E-state index contributed by atoms with van der Waals surface area (Å²) in [6.45, 7) is 2.26. The van der Waals surface area contributed by atoms with E-state index in [1.54, 1.807) is 7.11 Å². The Morgan fingerprint density at radius 3 is 2.38 bits per heavy atom. The van der Waals surface area contributed by atoms with Gasteiger partial charge in [-0.1, -0.05) is 6.92 Å². The summed E-state index contributed by atoms with van der Waals surface area (Å²) >= 11 is 0. The van der Waals surface area contributed by atoms with E-state index in [-0.39, 0.29) is 17.4 Å². The van der Waals surface area contributed by atoms with Gasteiger partial charge in [0.05, 0.1) is 16.9 Å². The van der Waals surface area contributed by atoms with E-state index in [1.807, 2.05) is 6.92 Å². The van der Waals surface area contributed by atoms with Crippen molar-refractivity contribution in [1.82, 2.24) is 0 Å². The Hall–Kier alpha value is -0.420. The summed E-state index contributed by atoms with van der Waals surface area (Å²) in [6.07, 6.45) is 0.762. The molecule has 1 atom stereocenters. The largest absolute Gasteiger partial charge is 0.384 e. The lowest BCUT2D eigenvalue weighted by atomic mass is 9.81. The molecule has 0 aliphatic carbocycles.